The fraction of sp³-hybridized carbons (Fsp3) is 0.0526. The maximum atomic E-state index is 14.5. The van der Waals surface area contributed by atoms with Gasteiger partial charge in [0.2, 0.25) is 0 Å². The molecule has 0 saturated carbocycles. The second kappa shape index (κ2) is 6.38. The fourth-order valence-electron chi connectivity index (χ4n) is 2.90. The first-order chi connectivity index (χ1) is 13.4. The van der Waals surface area contributed by atoms with E-state index in [9.17, 15) is 23.2 Å². The van der Waals surface area contributed by atoms with E-state index in [1.165, 1.54) is 25.1 Å². The van der Waals surface area contributed by atoms with Crippen LogP contribution in [0.1, 0.15) is 37.0 Å². The molecule has 0 fully saturated rings. The number of hydrogen-bond acceptors (Lipinski definition) is 5. The highest BCUT2D eigenvalue weighted by Crippen LogP contribution is 2.31. The van der Waals surface area contributed by atoms with Crippen molar-refractivity contribution in [1.29, 1.82) is 0 Å². The van der Waals surface area contributed by atoms with Crippen molar-refractivity contribution in [3.8, 4) is 0 Å². The number of nitrogens with one attached hydrogen (secondary N) is 1. The Bertz CT molecular complexity index is 1160. The quantitative estimate of drug-likeness (QED) is 0.701. The smallest absolute Gasteiger partial charge is 0.277 e. The number of amides is 3. The summed E-state index contributed by atoms with van der Waals surface area (Å²) < 4.78 is 32.8. The van der Waals surface area contributed by atoms with Crippen LogP contribution >= 0.6 is 0 Å². The van der Waals surface area contributed by atoms with E-state index in [1.54, 1.807) is 0 Å². The molecule has 1 aromatic heterocycles. The van der Waals surface area contributed by atoms with E-state index in [2.05, 4.69) is 10.3 Å². The Kier molecular flexibility index (Phi) is 3.99. The molecule has 3 aromatic rings. The summed E-state index contributed by atoms with van der Waals surface area (Å²) in [5.74, 6) is -3.37. The van der Waals surface area contributed by atoms with Gasteiger partial charge in [-0.25, -0.2) is 18.7 Å². The Labute approximate surface area is 156 Å². The van der Waals surface area contributed by atoms with Crippen LogP contribution in [0.4, 0.5) is 20.2 Å². The lowest BCUT2D eigenvalue weighted by molar-refractivity contribution is 0.0924. The minimum Gasteiger partial charge on any atom is -0.448 e. The standard InChI is InChI=1S/C19H11F2N3O4/c1-9-16(22-8-28-9)17(25)23-15-5-3-11(7-14(15)21)24-18(26)12-4-2-10(20)6-13(12)19(24)27/h2-8H,1H3,(H,23,25). The molecule has 4 rings (SSSR count). The molecule has 0 spiro atoms. The van der Waals surface area contributed by atoms with Crippen molar-refractivity contribution >= 4 is 29.1 Å². The summed E-state index contributed by atoms with van der Waals surface area (Å²) in [4.78, 5) is 41.5. The van der Waals surface area contributed by atoms with Crippen LogP contribution < -0.4 is 10.2 Å². The number of aromatic nitrogens is 1. The largest absolute Gasteiger partial charge is 0.448 e. The average Bonchev–Trinajstić information content (AvgIpc) is 3.19. The third kappa shape index (κ3) is 2.73. The van der Waals surface area contributed by atoms with E-state index < -0.39 is 29.4 Å². The number of halogens is 2. The minimum absolute atomic E-state index is 0.00542. The highest BCUT2D eigenvalue weighted by atomic mass is 19.1. The van der Waals surface area contributed by atoms with Gasteiger partial charge in [-0.2, -0.15) is 0 Å². The van der Waals surface area contributed by atoms with Crippen molar-refractivity contribution in [2.45, 2.75) is 6.92 Å². The second-order valence-corrected chi connectivity index (χ2v) is 6.01. The molecule has 3 amide bonds. The normalized spacial score (nSPS) is 13.0. The molecule has 1 N–H and O–H groups in total. The van der Waals surface area contributed by atoms with Crippen molar-refractivity contribution in [2.24, 2.45) is 0 Å². The molecule has 140 valence electrons. The summed E-state index contributed by atoms with van der Waals surface area (Å²) >= 11 is 0. The molecule has 0 saturated heterocycles. The lowest BCUT2D eigenvalue weighted by Gasteiger charge is -2.15. The predicted molar refractivity (Wildman–Crippen MR) is 93.1 cm³/mol. The summed E-state index contributed by atoms with van der Waals surface area (Å²) in [6.45, 7) is 1.53. The van der Waals surface area contributed by atoms with Gasteiger partial charge in [-0.05, 0) is 37.3 Å². The lowest BCUT2D eigenvalue weighted by atomic mass is 10.1. The second-order valence-electron chi connectivity index (χ2n) is 6.01. The molecule has 28 heavy (non-hydrogen) atoms. The van der Waals surface area contributed by atoms with Crippen molar-refractivity contribution in [1.82, 2.24) is 4.98 Å². The van der Waals surface area contributed by atoms with E-state index in [4.69, 9.17) is 4.42 Å². The van der Waals surface area contributed by atoms with E-state index in [1.807, 2.05) is 0 Å². The van der Waals surface area contributed by atoms with Crippen LogP contribution in [0.5, 0.6) is 0 Å². The molecule has 1 aliphatic rings. The third-order valence-electron chi connectivity index (χ3n) is 4.27. The molecular formula is C19H11F2N3O4. The number of imide groups is 1. The Morgan fingerprint density at radius 3 is 2.50 bits per heavy atom. The van der Waals surface area contributed by atoms with Crippen LogP contribution in [-0.2, 0) is 0 Å². The summed E-state index contributed by atoms with van der Waals surface area (Å²) in [5.41, 5.74) is -0.264. The first kappa shape index (κ1) is 17.5. The number of benzene rings is 2. The van der Waals surface area contributed by atoms with Crippen LogP contribution in [0.3, 0.4) is 0 Å². The number of fused-ring (bicyclic) bond motifs is 1. The van der Waals surface area contributed by atoms with Gasteiger partial charge in [-0.1, -0.05) is 0 Å². The van der Waals surface area contributed by atoms with Crippen molar-refractivity contribution < 1.29 is 27.6 Å². The van der Waals surface area contributed by atoms with Crippen LogP contribution in [0.15, 0.2) is 47.2 Å². The van der Waals surface area contributed by atoms with Crippen molar-refractivity contribution in [3.05, 3.63) is 77.0 Å². The zero-order chi connectivity index (χ0) is 20.0. The van der Waals surface area contributed by atoms with Gasteiger partial charge < -0.3 is 9.73 Å². The molecule has 0 unspecified atom stereocenters. The third-order valence-corrected chi connectivity index (χ3v) is 4.27. The molecule has 2 aromatic carbocycles. The number of carbonyl (C=O) groups is 3. The zero-order valence-corrected chi connectivity index (χ0v) is 14.3. The van der Waals surface area contributed by atoms with Gasteiger partial charge in [0.15, 0.2) is 12.1 Å². The molecule has 7 nitrogen and oxygen atoms in total. The molecule has 0 radical (unpaired) electrons. The minimum atomic E-state index is -0.866. The zero-order valence-electron chi connectivity index (χ0n) is 14.3. The van der Waals surface area contributed by atoms with Gasteiger partial charge in [0.1, 0.15) is 17.4 Å². The Morgan fingerprint density at radius 1 is 1.07 bits per heavy atom. The number of oxazole rings is 1. The molecule has 0 bridgehead atoms. The van der Waals surface area contributed by atoms with Crippen LogP contribution in [0.2, 0.25) is 0 Å². The van der Waals surface area contributed by atoms with Gasteiger partial charge >= 0.3 is 0 Å². The van der Waals surface area contributed by atoms with Gasteiger partial charge in [0.25, 0.3) is 17.7 Å². The van der Waals surface area contributed by atoms with Crippen molar-refractivity contribution in [2.75, 3.05) is 10.2 Å². The number of aryl methyl sites for hydroxylation is 1. The Balaban J connectivity index is 1.62. The van der Waals surface area contributed by atoms with Crippen LogP contribution in [0.25, 0.3) is 0 Å². The summed E-state index contributed by atoms with van der Waals surface area (Å²) in [6.07, 6.45) is 1.09. The Hall–Kier alpha value is -3.88. The van der Waals surface area contributed by atoms with E-state index in [0.29, 0.717) is 0 Å². The molecular weight excluding hydrogens is 372 g/mol. The number of nitrogens with zero attached hydrogens (tertiary/aromatic N) is 2. The first-order valence-corrected chi connectivity index (χ1v) is 8.06. The maximum absolute atomic E-state index is 14.5. The SMILES string of the molecule is Cc1ocnc1C(=O)Nc1ccc(N2C(=O)c3ccc(F)cc3C2=O)cc1F. The van der Waals surface area contributed by atoms with E-state index in [-0.39, 0.29) is 34.0 Å². The first-order valence-electron chi connectivity index (χ1n) is 8.06. The van der Waals surface area contributed by atoms with E-state index in [0.717, 1.165) is 29.5 Å². The molecule has 9 heteroatoms. The number of anilines is 2. The van der Waals surface area contributed by atoms with Crippen LogP contribution in [-0.4, -0.2) is 22.7 Å². The highest BCUT2D eigenvalue weighted by Gasteiger charge is 2.37. The lowest BCUT2D eigenvalue weighted by Crippen LogP contribution is -2.29. The van der Waals surface area contributed by atoms with Gasteiger partial charge in [0.05, 0.1) is 22.5 Å². The van der Waals surface area contributed by atoms with Gasteiger partial charge in [0, 0.05) is 6.07 Å². The molecule has 0 atom stereocenters. The topological polar surface area (TPSA) is 92.5 Å². The fourth-order valence-corrected chi connectivity index (χ4v) is 2.90. The molecule has 2 heterocycles. The van der Waals surface area contributed by atoms with Crippen molar-refractivity contribution in [3.63, 3.8) is 0 Å². The number of carbonyl (C=O) groups excluding carboxylic acids is 3. The highest BCUT2D eigenvalue weighted by molar-refractivity contribution is 6.34. The van der Waals surface area contributed by atoms with E-state index >= 15 is 0 Å². The predicted octanol–water partition coefficient (Wildman–Crippen LogP) is 3.31. The maximum Gasteiger partial charge on any atom is 0.277 e. The number of rotatable bonds is 3. The molecule has 1 aliphatic heterocycles. The van der Waals surface area contributed by atoms with Crippen LogP contribution in [0, 0.1) is 18.6 Å². The van der Waals surface area contributed by atoms with Gasteiger partial charge in [-0.15, -0.1) is 0 Å². The summed E-state index contributed by atoms with van der Waals surface area (Å²) in [7, 11) is 0. The summed E-state index contributed by atoms with van der Waals surface area (Å²) in [6, 6.07) is 6.67. The monoisotopic (exact) mass is 383 g/mol. The summed E-state index contributed by atoms with van der Waals surface area (Å²) in [5, 5.41) is 2.34. The molecule has 0 aliphatic carbocycles. The van der Waals surface area contributed by atoms with Gasteiger partial charge in [-0.3, -0.25) is 14.4 Å². The number of hydrogen-bond donors (Lipinski definition) is 1. The Morgan fingerprint density at radius 2 is 1.82 bits per heavy atom. The average molecular weight is 383 g/mol.